The zero-order valence-electron chi connectivity index (χ0n) is 19.0. The Kier molecular flexibility index (Phi) is 7.36. The third-order valence-electron chi connectivity index (χ3n) is 7.11. The largest absolute Gasteiger partial charge is 0.331 e. The molecule has 0 aromatic heterocycles. The number of hydrogen-bond donors (Lipinski definition) is 0. The topological polar surface area (TPSA) is 87.7 Å². The molecule has 4 saturated heterocycles. The van der Waals surface area contributed by atoms with E-state index in [1.54, 1.807) is 19.6 Å². The Labute approximate surface area is 190 Å². The molecule has 0 spiro atoms. The molecule has 4 aliphatic rings. The highest BCUT2D eigenvalue weighted by Crippen LogP contribution is 2.15. The third kappa shape index (κ3) is 5.10. The number of carbonyl (C=O) groups is 4. The molecule has 4 rings (SSSR count). The lowest BCUT2D eigenvalue weighted by Crippen LogP contribution is -2.59. The van der Waals surface area contributed by atoms with Crippen molar-refractivity contribution in [1.29, 1.82) is 0 Å². The van der Waals surface area contributed by atoms with Gasteiger partial charge in [-0.25, -0.2) is 9.59 Å². The monoisotopic (exact) mass is 448 g/mol. The molecule has 0 N–H and O–H groups in total. The standard InChI is InChI=1S/C22H36N6O4/c29-19(23-11-15-27(16-12-23)21(31)25-7-3-1-4-8-25)20(30)24-13-17-28(18-14-24)22(32)26-9-5-2-6-10-26/h1-18H2. The van der Waals surface area contributed by atoms with Gasteiger partial charge in [0, 0.05) is 78.5 Å². The summed E-state index contributed by atoms with van der Waals surface area (Å²) >= 11 is 0. The number of piperidine rings is 2. The second-order valence-electron chi connectivity index (χ2n) is 9.22. The fourth-order valence-electron chi connectivity index (χ4n) is 5.04. The van der Waals surface area contributed by atoms with Crippen molar-refractivity contribution in [2.75, 3.05) is 78.5 Å². The number of likely N-dealkylation sites (tertiary alicyclic amines) is 2. The van der Waals surface area contributed by atoms with Crippen molar-refractivity contribution in [3.63, 3.8) is 0 Å². The highest BCUT2D eigenvalue weighted by molar-refractivity contribution is 6.35. The van der Waals surface area contributed by atoms with Gasteiger partial charge in [-0.05, 0) is 38.5 Å². The molecule has 0 unspecified atom stereocenters. The average molecular weight is 449 g/mol. The Morgan fingerprint density at radius 1 is 0.312 bits per heavy atom. The highest BCUT2D eigenvalue weighted by Gasteiger charge is 2.34. The van der Waals surface area contributed by atoms with Crippen LogP contribution in [0.2, 0.25) is 0 Å². The normalized spacial score (nSPS) is 22.8. The van der Waals surface area contributed by atoms with Crippen LogP contribution in [0.25, 0.3) is 0 Å². The third-order valence-corrected chi connectivity index (χ3v) is 7.11. The number of carbonyl (C=O) groups excluding carboxylic acids is 4. The number of amides is 6. The number of piperazine rings is 2. The first-order valence-corrected chi connectivity index (χ1v) is 12.2. The molecule has 0 radical (unpaired) electrons. The summed E-state index contributed by atoms with van der Waals surface area (Å²) in [5.74, 6) is -0.989. The first kappa shape index (κ1) is 22.7. The molecule has 4 heterocycles. The Bertz CT molecular complexity index is 643. The number of hydrogen-bond acceptors (Lipinski definition) is 4. The van der Waals surface area contributed by atoms with E-state index in [4.69, 9.17) is 0 Å². The van der Waals surface area contributed by atoms with Crippen LogP contribution < -0.4 is 0 Å². The number of urea groups is 2. The Balaban J connectivity index is 1.21. The van der Waals surface area contributed by atoms with Crippen LogP contribution in [0.3, 0.4) is 0 Å². The molecule has 10 nitrogen and oxygen atoms in total. The van der Waals surface area contributed by atoms with Gasteiger partial charge >= 0.3 is 23.9 Å². The van der Waals surface area contributed by atoms with Gasteiger partial charge < -0.3 is 29.4 Å². The highest BCUT2D eigenvalue weighted by atomic mass is 16.2. The molecular formula is C22H36N6O4. The van der Waals surface area contributed by atoms with Crippen LogP contribution in [0.15, 0.2) is 0 Å². The van der Waals surface area contributed by atoms with Crippen molar-refractivity contribution in [3.05, 3.63) is 0 Å². The van der Waals surface area contributed by atoms with Crippen LogP contribution in [-0.4, -0.2) is 132 Å². The molecule has 0 saturated carbocycles. The minimum atomic E-state index is -0.495. The van der Waals surface area contributed by atoms with Gasteiger partial charge in [-0.3, -0.25) is 9.59 Å². The van der Waals surface area contributed by atoms with E-state index in [0.29, 0.717) is 52.4 Å². The summed E-state index contributed by atoms with van der Waals surface area (Å²) in [6.07, 6.45) is 6.56. The number of nitrogens with zero attached hydrogens (tertiary/aromatic N) is 6. The smallest absolute Gasteiger partial charge is 0.320 e. The van der Waals surface area contributed by atoms with Gasteiger partial charge in [0.15, 0.2) is 0 Å². The van der Waals surface area contributed by atoms with E-state index >= 15 is 0 Å². The minimum absolute atomic E-state index is 0.0534. The first-order chi connectivity index (χ1) is 15.5. The fourth-order valence-corrected chi connectivity index (χ4v) is 5.04. The van der Waals surface area contributed by atoms with E-state index < -0.39 is 11.8 Å². The quantitative estimate of drug-likeness (QED) is 0.505. The van der Waals surface area contributed by atoms with E-state index in [-0.39, 0.29) is 12.1 Å². The maximum Gasteiger partial charge on any atom is 0.320 e. The molecule has 0 aromatic rings. The molecule has 10 heteroatoms. The van der Waals surface area contributed by atoms with Crippen LogP contribution >= 0.6 is 0 Å². The fraction of sp³-hybridized carbons (Fsp3) is 0.818. The van der Waals surface area contributed by atoms with E-state index in [1.807, 2.05) is 9.80 Å². The summed E-state index contributed by atoms with van der Waals surface area (Å²) in [6.45, 7) is 6.64. The van der Waals surface area contributed by atoms with Gasteiger partial charge in [0.05, 0.1) is 0 Å². The summed E-state index contributed by atoms with van der Waals surface area (Å²) in [7, 11) is 0. The van der Waals surface area contributed by atoms with Crippen molar-refractivity contribution < 1.29 is 19.2 Å². The van der Waals surface area contributed by atoms with Gasteiger partial charge in [0.2, 0.25) is 0 Å². The molecule has 0 bridgehead atoms. The molecule has 4 aliphatic heterocycles. The number of rotatable bonds is 0. The molecule has 0 atom stereocenters. The molecule has 0 aromatic carbocycles. The Morgan fingerprint density at radius 2 is 0.562 bits per heavy atom. The van der Waals surface area contributed by atoms with Gasteiger partial charge in [0.25, 0.3) is 0 Å². The van der Waals surface area contributed by atoms with Crippen molar-refractivity contribution in [2.45, 2.75) is 38.5 Å². The van der Waals surface area contributed by atoms with Crippen molar-refractivity contribution in [3.8, 4) is 0 Å². The van der Waals surface area contributed by atoms with E-state index in [9.17, 15) is 19.2 Å². The first-order valence-electron chi connectivity index (χ1n) is 12.2. The molecule has 6 amide bonds. The van der Waals surface area contributed by atoms with E-state index in [1.165, 1.54) is 12.8 Å². The van der Waals surface area contributed by atoms with Gasteiger partial charge in [0.1, 0.15) is 0 Å². The van der Waals surface area contributed by atoms with Gasteiger partial charge in [-0.15, -0.1) is 0 Å². The van der Waals surface area contributed by atoms with E-state index in [0.717, 1.165) is 51.9 Å². The summed E-state index contributed by atoms with van der Waals surface area (Å²) in [5.41, 5.74) is 0. The lowest BCUT2D eigenvalue weighted by atomic mass is 10.1. The summed E-state index contributed by atoms with van der Waals surface area (Å²) < 4.78 is 0. The Morgan fingerprint density at radius 3 is 0.875 bits per heavy atom. The lowest BCUT2D eigenvalue weighted by molar-refractivity contribution is -0.153. The zero-order valence-corrected chi connectivity index (χ0v) is 19.0. The molecule has 0 aliphatic carbocycles. The van der Waals surface area contributed by atoms with E-state index in [2.05, 4.69) is 0 Å². The summed E-state index contributed by atoms with van der Waals surface area (Å²) in [5, 5.41) is 0. The maximum absolute atomic E-state index is 12.8. The predicted octanol–water partition coefficient (Wildman–Crippen LogP) is 0.487. The SMILES string of the molecule is O=C(C(=O)N1CCN(C(=O)N2CCCCC2)CC1)N1CCN(C(=O)N2CCCCC2)CC1. The summed E-state index contributed by atoms with van der Waals surface area (Å²) in [4.78, 5) is 61.4. The molecule has 32 heavy (non-hydrogen) atoms. The van der Waals surface area contributed by atoms with Gasteiger partial charge in [-0.1, -0.05) is 0 Å². The van der Waals surface area contributed by atoms with Crippen LogP contribution in [-0.2, 0) is 9.59 Å². The lowest BCUT2D eigenvalue weighted by Gasteiger charge is -2.40. The van der Waals surface area contributed by atoms with Crippen LogP contribution in [0.5, 0.6) is 0 Å². The molecule has 4 fully saturated rings. The average Bonchev–Trinajstić information content (AvgIpc) is 2.88. The minimum Gasteiger partial charge on any atom is -0.331 e. The van der Waals surface area contributed by atoms with Crippen LogP contribution in [0.4, 0.5) is 9.59 Å². The van der Waals surface area contributed by atoms with Crippen LogP contribution in [0.1, 0.15) is 38.5 Å². The molecule has 178 valence electrons. The van der Waals surface area contributed by atoms with Crippen molar-refractivity contribution in [2.24, 2.45) is 0 Å². The second-order valence-corrected chi connectivity index (χ2v) is 9.22. The molecular weight excluding hydrogens is 412 g/mol. The van der Waals surface area contributed by atoms with Crippen LogP contribution in [0, 0.1) is 0 Å². The van der Waals surface area contributed by atoms with Crippen molar-refractivity contribution >= 4 is 23.9 Å². The zero-order chi connectivity index (χ0) is 22.5. The van der Waals surface area contributed by atoms with Gasteiger partial charge in [-0.2, -0.15) is 0 Å². The predicted molar refractivity (Wildman–Crippen MR) is 118 cm³/mol. The Hall–Kier alpha value is -2.52. The maximum atomic E-state index is 12.8. The summed E-state index contributed by atoms with van der Waals surface area (Å²) in [6, 6.07) is 0.107. The van der Waals surface area contributed by atoms with Crippen molar-refractivity contribution in [1.82, 2.24) is 29.4 Å². The second kappa shape index (κ2) is 10.4.